The average molecular weight is 214 g/mol. The fourth-order valence-electron chi connectivity index (χ4n) is 2.11. The maximum Gasteiger partial charge on any atom is 0.306 e. The minimum Gasteiger partial charge on any atom is -0.481 e. The number of carbonyl (C=O) groups is 1. The smallest absolute Gasteiger partial charge is 0.306 e. The first-order valence-electron chi connectivity index (χ1n) is 5.48. The average Bonchev–Trinajstić information content (AvgIpc) is 2.26. The topological polar surface area (TPSA) is 70.0 Å². The van der Waals surface area contributed by atoms with E-state index in [9.17, 15) is 9.70 Å². The van der Waals surface area contributed by atoms with Crippen molar-refractivity contribution in [2.75, 3.05) is 13.1 Å². The van der Waals surface area contributed by atoms with Crippen molar-refractivity contribution in [3.63, 3.8) is 0 Å². The van der Waals surface area contributed by atoms with Crippen molar-refractivity contribution in [2.24, 2.45) is 17.1 Å². The summed E-state index contributed by atoms with van der Waals surface area (Å²) in [7, 11) is 0. The first-order valence-corrected chi connectivity index (χ1v) is 5.48. The summed E-state index contributed by atoms with van der Waals surface area (Å²) in [4.78, 5) is 21.1. The molecule has 0 aromatic carbocycles. The fourth-order valence-corrected chi connectivity index (χ4v) is 2.11. The lowest BCUT2D eigenvalue weighted by Gasteiger charge is -2.28. The normalized spacial score (nSPS) is 25.9. The first kappa shape index (κ1) is 11.9. The van der Waals surface area contributed by atoms with Crippen molar-refractivity contribution >= 4 is 5.97 Å². The van der Waals surface area contributed by atoms with Crippen LogP contribution in [0.2, 0.25) is 0 Å². The third-order valence-electron chi connectivity index (χ3n) is 3.15. The standard InChI is InChI=1S/C10H18N2O3/c1-2-12(11-15)7-8-3-5-9(6-4-8)10(13)14/h8-9H,2-7H2,1H3,(H,13,14). The molecule has 0 unspecified atom stereocenters. The lowest BCUT2D eigenvalue weighted by atomic mass is 9.82. The van der Waals surface area contributed by atoms with Crippen molar-refractivity contribution < 1.29 is 9.90 Å². The molecule has 1 rings (SSSR count). The monoisotopic (exact) mass is 214 g/mol. The molecular formula is C10H18N2O3. The zero-order valence-electron chi connectivity index (χ0n) is 9.06. The van der Waals surface area contributed by atoms with E-state index in [-0.39, 0.29) is 5.92 Å². The summed E-state index contributed by atoms with van der Waals surface area (Å²) < 4.78 is 0. The molecule has 5 nitrogen and oxygen atoms in total. The Labute approximate surface area is 89.4 Å². The minimum absolute atomic E-state index is 0.180. The van der Waals surface area contributed by atoms with Crippen molar-refractivity contribution in [3.05, 3.63) is 4.91 Å². The molecule has 1 aliphatic rings. The molecular weight excluding hydrogens is 196 g/mol. The number of hydrogen-bond acceptors (Lipinski definition) is 3. The molecule has 0 aromatic rings. The lowest BCUT2D eigenvalue weighted by Crippen LogP contribution is -2.29. The number of hydrogen-bond donors (Lipinski definition) is 1. The third kappa shape index (κ3) is 3.49. The van der Waals surface area contributed by atoms with Gasteiger partial charge in [0, 0.05) is 13.1 Å². The number of carboxylic acids is 1. The van der Waals surface area contributed by atoms with Crippen LogP contribution in [0.5, 0.6) is 0 Å². The molecule has 0 radical (unpaired) electrons. The largest absolute Gasteiger partial charge is 0.481 e. The van der Waals surface area contributed by atoms with Crippen LogP contribution in [-0.4, -0.2) is 29.2 Å². The van der Waals surface area contributed by atoms with Crippen LogP contribution in [0.1, 0.15) is 32.6 Å². The summed E-state index contributed by atoms with van der Waals surface area (Å²) in [6.07, 6.45) is 3.25. The van der Waals surface area contributed by atoms with Crippen molar-refractivity contribution in [2.45, 2.75) is 32.6 Å². The van der Waals surface area contributed by atoms with Crippen molar-refractivity contribution in [1.29, 1.82) is 0 Å². The Hall–Kier alpha value is -1.13. The zero-order chi connectivity index (χ0) is 11.3. The minimum atomic E-state index is -0.686. The van der Waals surface area contributed by atoms with Crippen LogP contribution < -0.4 is 0 Å². The van der Waals surface area contributed by atoms with E-state index in [4.69, 9.17) is 5.11 Å². The van der Waals surface area contributed by atoms with Gasteiger partial charge < -0.3 is 5.11 Å². The van der Waals surface area contributed by atoms with Gasteiger partial charge in [0.15, 0.2) is 0 Å². The number of nitroso groups, excluding NO2 is 1. The van der Waals surface area contributed by atoms with Gasteiger partial charge in [0.2, 0.25) is 0 Å². The van der Waals surface area contributed by atoms with Crippen molar-refractivity contribution in [3.8, 4) is 0 Å². The highest BCUT2D eigenvalue weighted by Crippen LogP contribution is 2.29. The predicted molar refractivity (Wildman–Crippen MR) is 56.1 cm³/mol. The molecule has 5 heteroatoms. The van der Waals surface area contributed by atoms with Gasteiger partial charge in [-0.3, -0.25) is 9.80 Å². The van der Waals surface area contributed by atoms with Crippen LogP contribution in [0.15, 0.2) is 5.29 Å². The summed E-state index contributed by atoms with van der Waals surface area (Å²) >= 11 is 0. The molecule has 0 saturated heterocycles. The highest BCUT2D eigenvalue weighted by Gasteiger charge is 2.26. The predicted octanol–water partition coefficient (Wildman–Crippen LogP) is 1.88. The molecule has 1 fully saturated rings. The van der Waals surface area contributed by atoms with Crippen LogP contribution >= 0.6 is 0 Å². The summed E-state index contributed by atoms with van der Waals surface area (Å²) in [5.74, 6) is -0.437. The van der Waals surface area contributed by atoms with Crippen LogP contribution in [0.3, 0.4) is 0 Å². The molecule has 0 heterocycles. The van der Waals surface area contributed by atoms with Gasteiger partial charge in [-0.1, -0.05) is 0 Å². The van der Waals surface area contributed by atoms with Crippen molar-refractivity contribution in [1.82, 2.24) is 5.01 Å². The molecule has 1 N–H and O–H groups in total. The molecule has 0 aromatic heterocycles. The highest BCUT2D eigenvalue weighted by molar-refractivity contribution is 5.69. The Kier molecular flexibility index (Phi) is 4.52. The van der Waals surface area contributed by atoms with Gasteiger partial charge in [0.25, 0.3) is 0 Å². The second-order valence-electron chi connectivity index (χ2n) is 4.14. The van der Waals surface area contributed by atoms with Gasteiger partial charge in [-0.25, -0.2) is 0 Å². The zero-order valence-corrected chi connectivity index (χ0v) is 9.06. The van der Waals surface area contributed by atoms with Gasteiger partial charge in [-0.2, -0.15) is 0 Å². The molecule has 1 saturated carbocycles. The Bertz CT molecular complexity index is 225. The van der Waals surface area contributed by atoms with Gasteiger partial charge in [0.05, 0.1) is 11.2 Å². The third-order valence-corrected chi connectivity index (χ3v) is 3.15. The number of rotatable bonds is 5. The second kappa shape index (κ2) is 5.68. The van der Waals surface area contributed by atoms with E-state index in [0.717, 1.165) is 25.7 Å². The fraction of sp³-hybridized carbons (Fsp3) is 0.900. The van der Waals surface area contributed by atoms with Gasteiger partial charge in [-0.05, 0) is 38.5 Å². The van der Waals surface area contributed by atoms with Gasteiger partial charge in [0.1, 0.15) is 0 Å². The Morgan fingerprint density at radius 1 is 1.40 bits per heavy atom. The first-order chi connectivity index (χ1) is 7.17. The molecule has 0 atom stereocenters. The van der Waals surface area contributed by atoms with E-state index in [1.54, 1.807) is 0 Å². The van der Waals surface area contributed by atoms with Crippen LogP contribution in [-0.2, 0) is 4.79 Å². The van der Waals surface area contributed by atoms with E-state index < -0.39 is 5.97 Å². The van der Waals surface area contributed by atoms with E-state index in [1.165, 1.54) is 5.01 Å². The summed E-state index contributed by atoms with van der Waals surface area (Å²) in [5, 5.41) is 13.2. The van der Waals surface area contributed by atoms with Crippen LogP contribution in [0.25, 0.3) is 0 Å². The van der Waals surface area contributed by atoms with Gasteiger partial charge >= 0.3 is 5.97 Å². The van der Waals surface area contributed by atoms with Gasteiger partial charge in [-0.15, -0.1) is 4.91 Å². The molecule has 0 bridgehead atoms. The Morgan fingerprint density at radius 2 is 2.00 bits per heavy atom. The second-order valence-corrected chi connectivity index (χ2v) is 4.14. The molecule has 0 spiro atoms. The van der Waals surface area contributed by atoms with Crippen LogP contribution in [0, 0.1) is 16.7 Å². The Balaban J connectivity index is 2.31. The van der Waals surface area contributed by atoms with E-state index in [0.29, 0.717) is 19.0 Å². The number of nitrogens with zero attached hydrogens (tertiary/aromatic N) is 2. The highest BCUT2D eigenvalue weighted by atomic mass is 16.4. The Morgan fingerprint density at radius 3 is 2.40 bits per heavy atom. The van der Waals surface area contributed by atoms with E-state index in [2.05, 4.69) is 5.29 Å². The maximum absolute atomic E-state index is 10.7. The number of carboxylic acid groups (broad SMARTS) is 1. The summed E-state index contributed by atoms with van der Waals surface area (Å²) in [6.45, 7) is 3.19. The molecule has 1 aliphatic carbocycles. The summed E-state index contributed by atoms with van der Waals surface area (Å²) in [6, 6.07) is 0. The molecule has 15 heavy (non-hydrogen) atoms. The van der Waals surface area contributed by atoms with E-state index in [1.807, 2.05) is 6.92 Å². The summed E-state index contributed by atoms with van der Waals surface area (Å²) in [5.41, 5.74) is 0. The molecule has 0 amide bonds. The molecule has 0 aliphatic heterocycles. The number of aliphatic carboxylic acids is 1. The molecule has 86 valence electrons. The van der Waals surface area contributed by atoms with E-state index >= 15 is 0 Å². The maximum atomic E-state index is 10.7. The quantitative estimate of drug-likeness (QED) is 0.560. The SMILES string of the molecule is CCN(CC1CCC(C(=O)O)CC1)N=O. The lowest BCUT2D eigenvalue weighted by molar-refractivity contribution is -0.143. The van der Waals surface area contributed by atoms with Crippen LogP contribution in [0.4, 0.5) is 0 Å².